The van der Waals surface area contributed by atoms with Crippen LogP contribution in [0.4, 0.5) is 0 Å². The first kappa shape index (κ1) is 15.0. The molecule has 1 fully saturated rings. The van der Waals surface area contributed by atoms with Gasteiger partial charge in [-0.05, 0) is 71.0 Å². The van der Waals surface area contributed by atoms with Crippen LogP contribution in [0.25, 0.3) is 0 Å². The predicted octanol–water partition coefficient (Wildman–Crippen LogP) is 3.44. The zero-order valence-electron chi connectivity index (χ0n) is 11.8. The molecule has 0 spiro atoms. The van der Waals surface area contributed by atoms with E-state index in [-0.39, 0.29) is 6.10 Å². The number of hydrogen-bond acceptors (Lipinski definition) is 2. The number of rotatable bonds is 7. The van der Waals surface area contributed by atoms with Gasteiger partial charge in [-0.3, -0.25) is 0 Å². The molecular formula is C15H31NO. The van der Waals surface area contributed by atoms with Crippen molar-refractivity contribution in [2.45, 2.75) is 71.3 Å². The van der Waals surface area contributed by atoms with Crippen molar-refractivity contribution in [1.82, 2.24) is 4.90 Å². The van der Waals surface area contributed by atoms with E-state index in [4.69, 9.17) is 0 Å². The van der Waals surface area contributed by atoms with Gasteiger partial charge in [0.05, 0.1) is 6.10 Å². The molecule has 0 aliphatic carbocycles. The minimum absolute atomic E-state index is 0.118. The molecule has 0 radical (unpaired) electrons. The maximum absolute atomic E-state index is 9.21. The highest BCUT2D eigenvalue weighted by Crippen LogP contribution is 2.22. The van der Waals surface area contributed by atoms with Gasteiger partial charge < -0.3 is 10.0 Å². The largest absolute Gasteiger partial charge is 0.393 e. The van der Waals surface area contributed by atoms with Crippen LogP contribution in [0.15, 0.2) is 0 Å². The van der Waals surface area contributed by atoms with Crippen molar-refractivity contribution in [1.29, 1.82) is 0 Å². The molecule has 2 unspecified atom stereocenters. The third-order valence-corrected chi connectivity index (χ3v) is 3.98. The Labute approximate surface area is 107 Å². The van der Waals surface area contributed by atoms with E-state index in [0.717, 1.165) is 12.3 Å². The Morgan fingerprint density at radius 3 is 2.76 bits per heavy atom. The van der Waals surface area contributed by atoms with Gasteiger partial charge in [0.25, 0.3) is 0 Å². The second kappa shape index (κ2) is 8.93. The summed E-state index contributed by atoms with van der Waals surface area (Å²) in [5, 5.41) is 9.21. The first-order valence-corrected chi connectivity index (χ1v) is 7.62. The monoisotopic (exact) mass is 241 g/mol. The summed E-state index contributed by atoms with van der Waals surface area (Å²) in [4.78, 5) is 2.64. The molecule has 0 aromatic carbocycles. The maximum Gasteiger partial charge on any atom is 0.0512 e. The van der Waals surface area contributed by atoms with Crippen LogP contribution in [0.5, 0.6) is 0 Å². The second-order valence-corrected chi connectivity index (χ2v) is 5.77. The minimum atomic E-state index is -0.118. The van der Waals surface area contributed by atoms with Crippen molar-refractivity contribution in [3.05, 3.63) is 0 Å². The fraction of sp³-hybridized carbons (Fsp3) is 1.00. The first-order chi connectivity index (χ1) is 8.22. The highest BCUT2D eigenvalue weighted by Gasteiger charge is 2.15. The lowest BCUT2D eigenvalue weighted by molar-refractivity contribution is 0.177. The summed E-state index contributed by atoms with van der Waals surface area (Å²) < 4.78 is 0. The second-order valence-electron chi connectivity index (χ2n) is 5.77. The molecule has 0 aromatic heterocycles. The first-order valence-electron chi connectivity index (χ1n) is 7.62. The van der Waals surface area contributed by atoms with Gasteiger partial charge in [0, 0.05) is 0 Å². The smallest absolute Gasteiger partial charge is 0.0512 e. The average molecular weight is 241 g/mol. The van der Waals surface area contributed by atoms with Crippen molar-refractivity contribution in [2.75, 3.05) is 19.6 Å². The molecule has 102 valence electrons. The molecule has 1 saturated heterocycles. The number of unbranched alkanes of at least 4 members (excludes halogenated alkanes) is 1. The Morgan fingerprint density at radius 2 is 2.06 bits per heavy atom. The fourth-order valence-electron chi connectivity index (χ4n) is 2.92. The van der Waals surface area contributed by atoms with E-state index in [1.165, 1.54) is 64.6 Å². The Hall–Kier alpha value is -0.0800. The summed E-state index contributed by atoms with van der Waals surface area (Å²) in [6.45, 7) is 8.04. The number of aliphatic hydroxyl groups is 1. The van der Waals surface area contributed by atoms with Gasteiger partial charge in [-0.25, -0.2) is 0 Å². The third kappa shape index (κ3) is 7.05. The molecule has 2 heteroatoms. The molecular weight excluding hydrogens is 210 g/mol. The minimum Gasteiger partial charge on any atom is -0.393 e. The van der Waals surface area contributed by atoms with Crippen LogP contribution in [-0.2, 0) is 0 Å². The van der Waals surface area contributed by atoms with Crippen molar-refractivity contribution in [3.63, 3.8) is 0 Å². The van der Waals surface area contributed by atoms with Gasteiger partial charge in [-0.1, -0.05) is 19.8 Å². The molecule has 0 aromatic rings. The summed E-state index contributed by atoms with van der Waals surface area (Å²) in [5.74, 6) is 0.988. The molecule has 1 rings (SSSR count). The number of likely N-dealkylation sites (tertiary alicyclic amines) is 1. The summed E-state index contributed by atoms with van der Waals surface area (Å²) in [5.41, 5.74) is 0. The molecule has 1 aliphatic heterocycles. The van der Waals surface area contributed by atoms with Crippen LogP contribution in [0.2, 0.25) is 0 Å². The molecule has 2 atom stereocenters. The fourth-order valence-corrected chi connectivity index (χ4v) is 2.92. The molecule has 1 heterocycles. The maximum atomic E-state index is 9.21. The number of nitrogens with zero attached hydrogens (tertiary/aromatic N) is 1. The van der Waals surface area contributed by atoms with Crippen molar-refractivity contribution >= 4 is 0 Å². The Kier molecular flexibility index (Phi) is 7.87. The number of aliphatic hydroxyl groups excluding tert-OH is 1. The lowest BCUT2D eigenvalue weighted by Gasteiger charge is -2.20. The lowest BCUT2D eigenvalue weighted by Crippen LogP contribution is -2.26. The Morgan fingerprint density at radius 1 is 1.24 bits per heavy atom. The van der Waals surface area contributed by atoms with Gasteiger partial charge in [0.1, 0.15) is 0 Å². The molecule has 1 aliphatic rings. The van der Waals surface area contributed by atoms with E-state index in [9.17, 15) is 5.11 Å². The van der Waals surface area contributed by atoms with E-state index in [0.29, 0.717) is 0 Å². The average Bonchev–Trinajstić information content (AvgIpc) is 2.51. The molecule has 17 heavy (non-hydrogen) atoms. The Bertz CT molecular complexity index is 182. The van der Waals surface area contributed by atoms with Crippen LogP contribution in [0, 0.1) is 5.92 Å². The van der Waals surface area contributed by atoms with Gasteiger partial charge in [-0.15, -0.1) is 0 Å². The van der Waals surface area contributed by atoms with Crippen LogP contribution in [0.1, 0.15) is 65.2 Å². The quantitative estimate of drug-likeness (QED) is 0.690. The Balaban J connectivity index is 2.09. The van der Waals surface area contributed by atoms with E-state index >= 15 is 0 Å². The highest BCUT2D eigenvalue weighted by molar-refractivity contribution is 4.70. The highest BCUT2D eigenvalue weighted by atomic mass is 16.3. The third-order valence-electron chi connectivity index (χ3n) is 3.98. The summed E-state index contributed by atoms with van der Waals surface area (Å²) in [6.07, 6.45) is 10.3. The van der Waals surface area contributed by atoms with Crippen molar-refractivity contribution in [3.8, 4) is 0 Å². The SMILES string of the molecule is CCCC1CCCN(CCCCC(C)O)CC1. The summed E-state index contributed by atoms with van der Waals surface area (Å²) >= 11 is 0. The topological polar surface area (TPSA) is 23.5 Å². The zero-order valence-corrected chi connectivity index (χ0v) is 11.8. The van der Waals surface area contributed by atoms with Gasteiger partial charge in [0.2, 0.25) is 0 Å². The van der Waals surface area contributed by atoms with Crippen molar-refractivity contribution < 1.29 is 5.11 Å². The summed E-state index contributed by atoms with van der Waals surface area (Å²) in [7, 11) is 0. The number of hydrogen-bond donors (Lipinski definition) is 1. The van der Waals surface area contributed by atoms with Crippen LogP contribution in [0.3, 0.4) is 0 Å². The van der Waals surface area contributed by atoms with Gasteiger partial charge in [-0.2, -0.15) is 0 Å². The molecule has 0 bridgehead atoms. The predicted molar refractivity (Wildman–Crippen MR) is 74.2 cm³/mol. The van der Waals surface area contributed by atoms with E-state index in [2.05, 4.69) is 11.8 Å². The van der Waals surface area contributed by atoms with E-state index in [1.54, 1.807) is 0 Å². The van der Waals surface area contributed by atoms with E-state index in [1.807, 2.05) is 6.92 Å². The normalized spacial score (nSPS) is 24.5. The van der Waals surface area contributed by atoms with Crippen LogP contribution < -0.4 is 0 Å². The molecule has 0 saturated carbocycles. The van der Waals surface area contributed by atoms with E-state index < -0.39 is 0 Å². The van der Waals surface area contributed by atoms with Gasteiger partial charge in [0.15, 0.2) is 0 Å². The molecule has 1 N–H and O–H groups in total. The molecule has 0 amide bonds. The van der Waals surface area contributed by atoms with Gasteiger partial charge >= 0.3 is 0 Å². The summed E-state index contributed by atoms with van der Waals surface area (Å²) in [6, 6.07) is 0. The van der Waals surface area contributed by atoms with Crippen LogP contribution >= 0.6 is 0 Å². The van der Waals surface area contributed by atoms with Crippen LogP contribution in [-0.4, -0.2) is 35.7 Å². The zero-order chi connectivity index (χ0) is 12.5. The standard InChI is InChI=1S/C15H31NO/c1-3-7-15-9-6-12-16(13-10-15)11-5-4-8-14(2)17/h14-15,17H,3-13H2,1-2H3. The molecule has 2 nitrogen and oxygen atoms in total. The van der Waals surface area contributed by atoms with Crippen molar-refractivity contribution in [2.24, 2.45) is 5.92 Å². The lowest BCUT2D eigenvalue weighted by atomic mass is 9.96.